The molecule has 1 aromatic heterocycles. The molecule has 2 amide bonds. The molecule has 3 fully saturated rings. The minimum absolute atomic E-state index is 0.0760. The Hall–Kier alpha value is -2.03. The predicted molar refractivity (Wildman–Crippen MR) is 115 cm³/mol. The van der Waals surface area contributed by atoms with Crippen molar-refractivity contribution in [3.8, 4) is 0 Å². The van der Waals surface area contributed by atoms with E-state index in [9.17, 15) is 9.59 Å². The van der Waals surface area contributed by atoms with Crippen molar-refractivity contribution in [2.45, 2.75) is 51.4 Å². The summed E-state index contributed by atoms with van der Waals surface area (Å²) < 4.78 is 11.5. The molecule has 8 heteroatoms. The molecule has 3 aliphatic rings. The maximum Gasteiger partial charge on any atom is 0.225 e. The molecule has 4 heterocycles. The van der Waals surface area contributed by atoms with Crippen molar-refractivity contribution in [1.29, 1.82) is 0 Å². The first-order valence-corrected chi connectivity index (χ1v) is 11.4. The van der Waals surface area contributed by atoms with Gasteiger partial charge in [0.1, 0.15) is 0 Å². The summed E-state index contributed by atoms with van der Waals surface area (Å²) in [5, 5.41) is 3.02. The van der Waals surface area contributed by atoms with Crippen molar-refractivity contribution in [2.75, 3.05) is 39.5 Å². The van der Waals surface area contributed by atoms with Crippen molar-refractivity contribution in [1.82, 2.24) is 20.1 Å². The zero-order valence-corrected chi connectivity index (χ0v) is 18.5. The van der Waals surface area contributed by atoms with Gasteiger partial charge in [-0.15, -0.1) is 0 Å². The van der Waals surface area contributed by atoms with E-state index < -0.39 is 0 Å². The van der Waals surface area contributed by atoms with Crippen LogP contribution in [0.2, 0.25) is 0 Å². The van der Waals surface area contributed by atoms with Crippen LogP contribution in [0.3, 0.4) is 0 Å². The number of nitrogens with zero attached hydrogens (tertiary/aromatic N) is 3. The van der Waals surface area contributed by atoms with Crippen LogP contribution in [0, 0.1) is 11.8 Å². The fraction of sp³-hybridized carbons (Fsp3) is 0.696. The lowest BCUT2D eigenvalue weighted by Gasteiger charge is -2.29. The third-order valence-electron chi connectivity index (χ3n) is 6.58. The van der Waals surface area contributed by atoms with Gasteiger partial charge in [0.05, 0.1) is 32.3 Å². The van der Waals surface area contributed by atoms with E-state index in [1.54, 1.807) is 6.20 Å². The maximum absolute atomic E-state index is 12.9. The number of likely N-dealkylation sites (tertiary alicyclic amines) is 1. The maximum atomic E-state index is 12.9. The molecule has 0 saturated carbocycles. The van der Waals surface area contributed by atoms with Crippen LogP contribution in [0.5, 0.6) is 0 Å². The number of ether oxygens (including phenoxy) is 2. The van der Waals surface area contributed by atoms with Gasteiger partial charge in [0.2, 0.25) is 11.8 Å². The van der Waals surface area contributed by atoms with Gasteiger partial charge in [0.25, 0.3) is 0 Å². The summed E-state index contributed by atoms with van der Waals surface area (Å²) in [5.74, 6) is 0.558. The van der Waals surface area contributed by atoms with Crippen LogP contribution in [-0.4, -0.2) is 84.2 Å². The van der Waals surface area contributed by atoms with Gasteiger partial charge in [-0.1, -0.05) is 6.07 Å². The van der Waals surface area contributed by atoms with Crippen LogP contribution in [0.4, 0.5) is 0 Å². The molecule has 4 rings (SSSR count). The van der Waals surface area contributed by atoms with Crippen molar-refractivity contribution in [3.63, 3.8) is 0 Å². The summed E-state index contributed by atoms with van der Waals surface area (Å²) in [7, 11) is 0. The van der Waals surface area contributed by atoms with Gasteiger partial charge in [-0.25, -0.2) is 0 Å². The number of carbonyl (C=O) groups excluding carboxylic acids is 2. The first kappa shape index (κ1) is 22.2. The summed E-state index contributed by atoms with van der Waals surface area (Å²) in [6, 6.07) is 4.37. The fourth-order valence-electron chi connectivity index (χ4n) is 5.25. The second-order valence-corrected chi connectivity index (χ2v) is 9.19. The Morgan fingerprint density at radius 1 is 1.26 bits per heavy atom. The zero-order chi connectivity index (χ0) is 21.8. The van der Waals surface area contributed by atoms with Crippen LogP contribution in [-0.2, 0) is 25.6 Å². The predicted octanol–water partition coefficient (Wildman–Crippen LogP) is 1.06. The van der Waals surface area contributed by atoms with Gasteiger partial charge in [-0.3, -0.25) is 19.5 Å². The number of hydrogen-bond donors (Lipinski definition) is 1. The van der Waals surface area contributed by atoms with Crippen molar-refractivity contribution in [3.05, 3.63) is 30.1 Å². The van der Waals surface area contributed by atoms with E-state index in [4.69, 9.17) is 9.47 Å². The minimum Gasteiger partial charge on any atom is -0.378 e. The van der Waals surface area contributed by atoms with E-state index in [2.05, 4.69) is 21.3 Å². The van der Waals surface area contributed by atoms with Gasteiger partial charge >= 0.3 is 0 Å². The Kier molecular flexibility index (Phi) is 7.20. The molecule has 8 nitrogen and oxygen atoms in total. The van der Waals surface area contributed by atoms with E-state index >= 15 is 0 Å². The second kappa shape index (κ2) is 10.1. The first-order valence-electron chi connectivity index (χ1n) is 11.4. The van der Waals surface area contributed by atoms with E-state index in [1.165, 1.54) is 0 Å². The lowest BCUT2D eigenvalue weighted by Crippen LogP contribution is -2.43. The monoisotopic (exact) mass is 430 g/mol. The molecular weight excluding hydrogens is 396 g/mol. The SMILES string of the molecule is CC(C)NC(=O)C[C@@H]1CN(Cc2cccnc2)[C@@H]2CO[C@@H](CC(=O)N3CCOCC3)[C@H]12. The van der Waals surface area contributed by atoms with E-state index in [1.807, 2.05) is 31.0 Å². The smallest absolute Gasteiger partial charge is 0.225 e. The highest BCUT2D eigenvalue weighted by molar-refractivity contribution is 5.77. The third-order valence-corrected chi connectivity index (χ3v) is 6.58. The highest BCUT2D eigenvalue weighted by atomic mass is 16.5. The van der Waals surface area contributed by atoms with E-state index in [0.29, 0.717) is 45.8 Å². The fourth-order valence-corrected chi connectivity index (χ4v) is 5.25. The molecule has 0 bridgehead atoms. The average molecular weight is 431 g/mol. The number of rotatable bonds is 7. The Bertz CT molecular complexity index is 753. The number of amides is 2. The molecule has 0 aromatic carbocycles. The number of hydrogen-bond acceptors (Lipinski definition) is 6. The molecule has 4 atom stereocenters. The standard InChI is InChI=1S/C23H34N4O4/c1-16(2)25-21(28)10-18-14-27(13-17-4-3-5-24-12-17)19-15-31-20(23(18)19)11-22(29)26-6-8-30-9-7-26/h3-5,12,16,18-20,23H,6-11,13-15H2,1-2H3,(H,25,28)/t18-,19-,20+,23-/m1/s1. The first-order chi connectivity index (χ1) is 15.0. The highest BCUT2D eigenvalue weighted by Gasteiger charge is 2.51. The van der Waals surface area contributed by atoms with Gasteiger partial charge in [-0.2, -0.15) is 0 Å². The summed E-state index contributed by atoms with van der Waals surface area (Å²) in [5.41, 5.74) is 1.15. The minimum atomic E-state index is -0.143. The number of fused-ring (bicyclic) bond motifs is 1. The van der Waals surface area contributed by atoms with Gasteiger partial charge < -0.3 is 19.7 Å². The number of pyridine rings is 1. The molecule has 0 spiro atoms. The number of aromatic nitrogens is 1. The highest BCUT2D eigenvalue weighted by Crippen LogP contribution is 2.42. The van der Waals surface area contributed by atoms with Gasteiger partial charge in [0.15, 0.2) is 0 Å². The summed E-state index contributed by atoms with van der Waals surface area (Å²) in [6.45, 7) is 8.67. The summed E-state index contributed by atoms with van der Waals surface area (Å²) in [4.78, 5) is 34.0. The normalized spacial score (nSPS) is 28.7. The van der Waals surface area contributed by atoms with Gasteiger partial charge in [-0.05, 0) is 31.4 Å². The van der Waals surface area contributed by atoms with Crippen LogP contribution >= 0.6 is 0 Å². The van der Waals surface area contributed by atoms with E-state index in [-0.39, 0.29) is 41.8 Å². The van der Waals surface area contributed by atoms with Crippen LogP contribution in [0.1, 0.15) is 32.3 Å². The van der Waals surface area contributed by atoms with Crippen molar-refractivity contribution < 1.29 is 19.1 Å². The largest absolute Gasteiger partial charge is 0.378 e. The van der Waals surface area contributed by atoms with Gasteiger partial charge in [0, 0.05) is 63.0 Å². The Balaban J connectivity index is 1.46. The quantitative estimate of drug-likeness (QED) is 0.697. The molecule has 170 valence electrons. The Morgan fingerprint density at radius 2 is 2.06 bits per heavy atom. The van der Waals surface area contributed by atoms with Crippen LogP contribution in [0.15, 0.2) is 24.5 Å². The molecule has 3 aliphatic heterocycles. The van der Waals surface area contributed by atoms with Crippen molar-refractivity contribution >= 4 is 11.8 Å². The lowest BCUT2D eigenvalue weighted by molar-refractivity contribution is -0.138. The Labute approximate surface area is 184 Å². The topological polar surface area (TPSA) is 84.0 Å². The van der Waals surface area contributed by atoms with E-state index in [0.717, 1.165) is 18.7 Å². The molecule has 3 saturated heterocycles. The lowest BCUT2D eigenvalue weighted by atomic mass is 9.84. The molecule has 0 unspecified atom stereocenters. The number of carbonyl (C=O) groups is 2. The van der Waals surface area contributed by atoms with Crippen molar-refractivity contribution in [2.24, 2.45) is 11.8 Å². The van der Waals surface area contributed by atoms with Crippen LogP contribution in [0.25, 0.3) is 0 Å². The number of morpholine rings is 1. The molecular formula is C23H34N4O4. The number of nitrogens with one attached hydrogen (secondary N) is 1. The molecule has 1 aromatic rings. The molecule has 0 aliphatic carbocycles. The third kappa shape index (κ3) is 5.42. The summed E-state index contributed by atoms with van der Waals surface area (Å²) in [6.07, 6.45) is 4.37. The molecule has 31 heavy (non-hydrogen) atoms. The average Bonchev–Trinajstić information content (AvgIpc) is 3.31. The molecule has 0 radical (unpaired) electrons. The molecule has 1 N–H and O–H groups in total. The Morgan fingerprint density at radius 3 is 2.77 bits per heavy atom. The summed E-state index contributed by atoms with van der Waals surface area (Å²) >= 11 is 0. The van der Waals surface area contributed by atoms with Crippen LogP contribution < -0.4 is 5.32 Å². The second-order valence-electron chi connectivity index (χ2n) is 9.19. The zero-order valence-electron chi connectivity index (χ0n) is 18.5.